The standard InChI is InChI=1S/C13H21NS/c1-3-5-10-15-13-9-7-6-8-12(13)11-14-4-2/h6-9,14H,3-5,10-11H2,1-2H3. The van der Waals surface area contributed by atoms with Crippen LogP contribution in [0.25, 0.3) is 0 Å². The monoisotopic (exact) mass is 223 g/mol. The predicted molar refractivity (Wildman–Crippen MR) is 69.5 cm³/mol. The van der Waals surface area contributed by atoms with Crippen molar-refractivity contribution in [2.45, 2.75) is 38.1 Å². The average Bonchev–Trinajstić information content (AvgIpc) is 2.28. The summed E-state index contributed by atoms with van der Waals surface area (Å²) in [7, 11) is 0. The minimum absolute atomic E-state index is 0.992. The molecule has 1 aromatic carbocycles. The van der Waals surface area contributed by atoms with E-state index in [9.17, 15) is 0 Å². The van der Waals surface area contributed by atoms with Gasteiger partial charge >= 0.3 is 0 Å². The van der Waals surface area contributed by atoms with Crippen molar-refractivity contribution in [2.75, 3.05) is 12.3 Å². The van der Waals surface area contributed by atoms with Crippen LogP contribution < -0.4 is 5.32 Å². The largest absolute Gasteiger partial charge is 0.313 e. The molecule has 0 spiro atoms. The van der Waals surface area contributed by atoms with Crippen molar-refractivity contribution in [3.63, 3.8) is 0 Å². The van der Waals surface area contributed by atoms with Gasteiger partial charge in [-0.2, -0.15) is 0 Å². The average molecular weight is 223 g/mol. The van der Waals surface area contributed by atoms with E-state index < -0.39 is 0 Å². The van der Waals surface area contributed by atoms with Gasteiger partial charge in [-0.05, 0) is 30.3 Å². The Hall–Kier alpha value is -0.470. The molecule has 1 aromatic rings. The molecule has 0 bridgehead atoms. The van der Waals surface area contributed by atoms with Crippen LogP contribution in [0.1, 0.15) is 32.3 Å². The highest BCUT2D eigenvalue weighted by molar-refractivity contribution is 7.99. The first kappa shape index (κ1) is 12.6. The van der Waals surface area contributed by atoms with E-state index in [1.807, 2.05) is 11.8 Å². The second-order valence-electron chi connectivity index (χ2n) is 3.59. The van der Waals surface area contributed by atoms with Gasteiger partial charge in [-0.3, -0.25) is 0 Å². The molecular formula is C13H21NS. The van der Waals surface area contributed by atoms with Gasteiger partial charge in [-0.15, -0.1) is 11.8 Å². The Labute approximate surface area is 97.7 Å². The first-order valence-electron chi connectivity index (χ1n) is 5.80. The Morgan fingerprint density at radius 2 is 2.00 bits per heavy atom. The number of hydrogen-bond acceptors (Lipinski definition) is 2. The SMILES string of the molecule is CCCCSc1ccccc1CNCC. The molecule has 1 N–H and O–H groups in total. The maximum absolute atomic E-state index is 3.38. The molecule has 0 amide bonds. The van der Waals surface area contributed by atoms with E-state index in [0.717, 1.165) is 13.1 Å². The van der Waals surface area contributed by atoms with Gasteiger partial charge in [0.05, 0.1) is 0 Å². The lowest BCUT2D eigenvalue weighted by Crippen LogP contribution is -2.12. The van der Waals surface area contributed by atoms with Crippen LogP contribution in [0.3, 0.4) is 0 Å². The third kappa shape index (κ3) is 4.72. The summed E-state index contributed by atoms with van der Waals surface area (Å²) in [5.74, 6) is 1.24. The van der Waals surface area contributed by atoms with Crippen molar-refractivity contribution in [3.05, 3.63) is 29.8 Å². The minimum Gasteiger partial charge on any atom is -0.313 e. The number of rotatable bonds is 7. The molecule has 0 unspecified atom stereocenters. The maximum Gasteiger partial charge on any atom is 0.0216 e. The van der Waals surface area contributed by atoms with Gasteiger partial charge in [-0.1, -0.05) is 38.5 Å². The molecule has 0 heterocycles. The Morgan fingerprint density at radius 1 is 1.20 bits per heavy atom. The van der Waals surface area contributed by atoms with Crippen LogP contribution in [0.2, 0.25) is 0 Å². The molecular weight excluding hydrogens is 202 g/mol. The summed E-state index contributed by atoms with van der Waals surface area (Å²) < 4.78 is 0. The normalized spacial score (nSPS) is 10.5. The van der Waals surface area contributed by atoms with Gasteiger partial charge in [0, 0.05) is 11.4 Å². The van der Waals surface area contributed by atoms with Gasteiger partial charge in [0.2, 0.25) is 0 Å². The van der Waals surface area contributed by atoms with Crippen molar-refractivity contribution in [3.8, 4) is 0 Å². The highest BCUT2D eigenvalue weighted by Crippen LogP contribution is 2.23. The van der Waals surface area contributed by atoms with Crippen LogP contribution in [-0.2, 0) is 6.54 Å². The smallest absolute Gasteiger partial charge is 0.0216 e. The molecule has 0 fully saturated rings. The third-order valence-electron chi connectivity index (χ3n) is 2.29. The van der Waals surface area contributed by atoms with Crippen LogP contribution in [0, 0.1) is 0 Å². The lowest BCUT2D eigenvalue weighted by molar-refractivity contribution is 0.718. The van der Waals surface area contributed by atoms with Crippen molar-refractivity contribution in [2.24, 2.45) is 0 Å². The molecule has 0 aliphatic heterocycles. The summed E-state index contributed by atoms with van der Waals surface area (Å²) in [6, 6.07) is 8.70. The Balaban J connectivity index is 2.52. The highest BCUT2D eigenvalue weighted by Gasteiger charge is 2.00. The van der Waals surface area contributed by atoms with Crippen molar-refractivity contribution in [1.29, 1.82) is 0 Å². The summed E-state index contributed by atoms with van der Waals surface area (Å²) in [5.41, 5.74) is 1.43. The van der Waals surface area contributed by atoms with Gasteiger partial charge in [0.1, 0.15) is 0 Å². The first-order chi connectivity index (χ1) is 7.38. The molecule has 1 rings (SSSR count). The molecule has 0 radical (unpaired) electrons. The topological polar surface area (TPSA) is 12.0 Å². The van der Waals surface area contributed by atoms with Crippen LogP contribution in [0.4, 0.5) is 0 Å². The summed E-state index contributed by atoms with van der Waals surface area (Å²) in [5, 5.41) is 3.38. The lowest BCUT2D eigenvalue weighted by Gasteiger charge is -2.08. The zero-order valence-corrected chi connectivity index (χ0v) is 10.6. The van der Waals surface area contributed by atoms with Crippen LogP contribution in [-0.4, -0.2) is 12.3 Å². The molecule has 1 nitrogen and oxygen atoms in total. The summed E-state index contributed by atoms with van der Waals surface area (Å²) in [6.45, 7) is 6.41. The van der Waals surface area contributed by atoms with Crippen LogP contribution in [0.15, 0.2) is 29.2 Å². The summed E-state index contributed by atoms with van der Waals surface area (Å²) in [4.78, 5) is 1.44. The van der Waals surface area contributed by atoms with E-state index in [1.165, 1.54) is 29.1 Å². The fraction of sp³-hybridized carbons (Fsp3) is 0.538. The predicted octanol–water partition coefficient (Wildman–Crippen LogP) is 3.69. The van der Waals surface area contributed by atoms with E-state index in [0.29, 0.717) is 0 Å². The number of unbranched alkanes of at least 4 members (excludes halogenated alkanes) is 1. The van der Waals surface area contributed by atoms with Gasteiger partial charge in [0.15, 0.2) is 0 Å². The summed E-state index contributed by atoms with van der Waals surface area (Å²) in [6.07, 6.45) is 2.59. The zero-order chi connectivity index (χ0) is 10.9. The fourth-order valence-electron chi connectivity index (χ4n) is 1.38. The Morgan fingerprint density at radius 3 is 2.73 bits per heavy atom. The van der Waals surface area contributed by atoms with E-state index >= 15 is 0 Å². The Bertz CT molecular complexity index is 273. The quantitative estimate of drug-likeness (QED) is 0.559. The van der Waals surface area contributed by atoms with Crippen LogP contribution >= 0.6 is 11.8 Å². The molecule has 0 saturated carbocycles. The highest BCUT2D eigenvalue weighted by atomic mass is 32.2. The number of benzene rings is 1. The molecule has 0 saturated heterocycles. The number of nitrogens with one attached hydrogen (secondary N) is 1. The van der Waals surface area contributed by atoms with E-state index in [2.05, 4.69) is 43.4 Å². The van der Waals surface area contributed by atoms with Gasteiger partial charge < -0.3 is 5.32 Å². The second kappa shape index (κ2) is 7.77. The Kier molecular flexibility index (Phi) is 6.53. The van der Waals surface area contributed by atoms with E-state index in [-0.39, 0.29) is 0 Å². The van der Waals surface area contributed by atoms with E-state index in [4.69, 9.17) is 0 Å². The minimum atomic E-state index is 0.992. The molecule has 0 atom stereocenters. The second-order valence-corrected chi connectivity index (χ2v) is 4.73. The fourth-order valence-corrected chi connectivity index (χ4v) is 2.53. The zero-order valence-electron chi connectivity index (χ0n) is 9.75. The molecule has 15 heavy (non-hydrogen) atoms. The first-order valence-corrected chi connectivity index (χ1v) is 6.78. The molecule has 0 aliphatic rings. The van der Waals surface area contributed by atoms with Crippen molar-refractivity contribution in [1.82, 2.24) is 5.32 Å². The molecule has 2 heteroatoms. The lowest BCUT2D eigenvalue weighted by atomic mass is 10.2. The van der Waals surface area contributed by atoms with Gasteiger partial charge in [0.25, 0.3) is 0 Å². The maximum atomic E-state index is 3.38. The number of thioether (sulfide) groups is 1. The molecule has 0 aliphatic carbocycles. The van der Waals surface area contributed by atoms with Gasteiger partial charge in [-0.25, -0.2) is 0 Å². The van der Waals surface area contributed by atoms with Crippen molar-refractivity contribution < 1.29 is 0 Å². The third-order valence-corrected chi connectivity index (χ3v) is 3.50. The van der Waals surface area contributed by atoms with E-state index in [1.54, 1.807) is 0 Å². The summed E-state index contributed by atoms with van der Waals surface area (Å²) >= 11 is 1.98. The van der Waals surface area contributed by atoms with Crippen LogP contribution in [0.5, 0.6) is 0 Å². The van der Waals surface area contributed by atoms with Crippen molar-refractivity contribution >= 4 is 11.8 Å². The molecule has 84 valence electrons. The number of hydrogen-bond donors (Lipinski definition) is 1. The molecule has 0 aromatic heterocycles.